The van der Waals surface area contributed by atoms with Gasteiger partial charge in [0.25, 0.3) is 5.69 Å². The number of nitrogens with zero attached hydrogens (tertiary/aromatic N) is 2. The lowest BCUT2D eigenvalue weighted by Gasteiger charge is -2.10. The maximum Gasteiger partial charge on any atom is 0.272 e. The van der Waals surface area contributed by atoms with Crippen molar-refractivity contribution in [2.45, 2.75) is 20.4 Å². The van der Waals surface area contributed by atoms with E-state index in [-0.39, 0.29) is 10.6 Å². The summed E-state index contributed by atoms with van der Waals surface area (Å²) in [4.78, 5) is 10.6. The second kappa shape index (κ2) is 6.06. The number of hydrogen-bond donors (Lipinski definition) is 1. The van der Waals surface area contributed by atoms with Gasteiger partial charge in [-0.1, -0.05) is 24.3 Å². The first-order chi connectivity index (χ1) is 10.0. The minimum Gasteiger partial charge on any atom is -0.380 e. The number of nitro groups is 1. The Hall–Kier alpha value is -2.87. The number of nitro benzene ring substituents is 1. The number of aryl methyl sites for hydroxylation is 2. The Labute approximate surface area is 123 Å². The summed E-state index contributed by atoms with van der Waals surface area (Å²) in [6.45, 7) is 4.02. The van der Waals surface area contributed by atoms with Gasteiger partial charge in [-0.25, -0.2) is 0 Å². The molecule has 2 rings (SSSR count). The van der Waals surface area contributed by atoms with E-state index >= 15 is 0 Å². The highest BCUT2D eigenvalue weighted by molar-refractivity contribution is 5.60. The molecule has 0 unspecified atom stereocenters. The second-order valence-electron chi connectivity index (χ2n) is 4.84. The van der Waals surface area contributed by atoms with Crippen LogP contribution in [-0.2, 0) is 6.54 Å². The van der Waals surface area contributed by atoms with E-state index in [9.17, 15) is 15.4 Å². The SMILES string of the molecule is Cc1ccc(CNc2cccc(C)c2C#N)cc1[N+](=O)[O-]. The van der Waals surface area contributed by atoms with Crippen LogP contribution in [0.25, 0.3) is 0 Å². The van der Waals surface area contributed by atoms with Crippen LogP contribution in [0.2, 0.25) is 0 Å². The minimum atomic E-state index is -0.383. The van der Waals surface area contributed by atoms with E-state index in [1.54, 1.807) is 19.1 Å². The molecule has 0 saturated heterocycles. The molecule has 0 spiro atoms. The Morgan fingerprint density at radius 2 is 2.00 bits per heavy atom. The van der Waals surface area contributed by atoms with Gasteiger partial charge in [0.05, 0.1) is 16.2 Å². The smallest absolute Gasteiger partial charge is 0.272 e. The first-order valence-electron chi connectivity index (χ1n) is 6.50. The van der Waals surface area contributed by atoms with Gasteiger partial charge in [-0.15, -0.1) is 0 Å². The zero-order valence-corrected chi connectivity index (χ0v) is 11.9. The molecule has 0 amide bonds. The quantitative estimate of drug-likeness (QED) is 0.684. The first-order valence-corrected chi connectivity index (χ1v) is 6.50. The molecule has 1 N–H and O–H groups in total. The summed E-state index contributed by atoms with van der Waals surface area (Å²) in [6, 6.07) is 12.9. The predicted octanol–water partition coefficient (Wildman–Crippen LogP) is 3.70. The molecule has 0 aromatic heterocycles. The Morgan fingerprint density at radius 3 is 2.67 bits per heavy atom. The zero-order chi connectivity index (χ0) is 15.4. The molecule has 5 nitrogen and oxygen atoms in total. The van der Waals surface area contributed by atoms with E-state index in [1.165, 1.54) is 0 Å². The molecule has 0 radical (unpaired) electrons. The van der Waals surface area contributed by atoms with E-state index in [2.05, 4.69) is 11.4 Å². The van der Waals surface area contributed by atoms with Crippen LogP contribution in [0.1, 0.15) is 22.3 Å². The third-order valence-electron chi connectivity index (χ3n) is 3.34. The predicted molar refractivity (Wildman–Crippen MR) is 81.1 cm³/mol. The first kappa shape index (κ1) is 14.5. The van der Waals surface area contributed by atoms with E-state index < -0.39 is 0 Å². The molecule has 0 atom stereocenters. The number of nitrogens with one attached hydrogen (secondary N) is 1. The summed E-state index contributed by atoms with van der Waals surface area (Å²) in [6.07, 6.45) is 0. The molecule has 0 aliphatic heterocycles. The minimum absolute atomic E-state index is 0.110. The molecule has 5 heteroatoms. The van der Waals surface area contributed by atoms with Crippen molar-refractivity contribution in [2.24, 2.45) is 0 Å². The third-order valence-corrected chi connectivity index (χ3v) is 3.34. The van der Waals surface area contributed by atoms with Crippen LogP contribution in [0, 0.1) is 35.3 Å². The number of nitriles is 1. The molecule has 0 heterocycles. The second-order valence-corrected chi connectivity index (χ2v) is 4.84. The molecular formula is C16H15N3O2. The lowest BCUT2D eigenvalue weighted by molar-refractivity contribution is -0.385. The van der Waals surface area contributed by atoms with Crippen LogP contribution in [0.4, 0.5) is 11.4 Å². The molecule has 106 valence electrons. The van der Waals surface area contributed by atoms with Crippen LogP contribution in [0.5, 0.6) is 0 Å². The van der Waals surface area contributed by atoms with Gasteiger partial charge < -0.3 is 5.32 Å². The molecule has 0 saturated carbocycles. The Kier molecular flexibility index (Phi) is 4.19. The van der Waals surface area contributed by atoms with Gasteiger partial charge >= 0.3 is 0 Å². The van der Waals surface area contributed by atoms with Crippen molar-refractivity contribution in [2.75, 3.05) is 5.32 Å². The van der Waals surface area contributed by atoms with Crippen LogP contribution in [-0.4, -0.2) is 4.92 Å². The monoisotopic (exact) mass is 281 g/mol. The standard InChI is InChI=1S/C16H15N3O2/c1-11-4-3-5-15(14(11)9-17)18-10-13-7-6-12(2)16(8-13)19(20)21/h3-8,18H,10H2,1-2H3. The van der Waals surface area contributed by atoms with Gasteiger partial charge in [0, 0.05) is 18.2 Å². The Morgan fingerprint density at radius 1 is 1.24 bits per heavy atom. The van der Waals surface area contributed by atoms with Gasteiger partial charge in [-0.3, -0.25) is 10.1 Å². The van der Waals surface area contributed by atoms with Gasteiger partial charge in [-0.05, 0) is 31.0 Å². The summed E-state index contributed by atoms with van der Waals surface area (Å²) in [5.41, 5.74) is 3.78. The van der Waals surface area contributed by atoms with E-state index in [0.29, 0.717) is 17.7 Å². The van der Waals surface area contributed by atoms with E-state index in [1.807, 2.05) is 31.2 Å². The van der Waals surface area contributed by atoms with E-state index in [4.69, 9.17) is 0 Å². The highest BCUT2D eigenvalue weighted by atomic mass is 16.6. The van der Waals surface area contributed by atoms with Crippen LogP contribution in [0.3, 0.4) is 0 Å². The maximum absolute atomic E-state index is 10.9. The van der Waals surface area contributed by atoms with Crippen molar-refractivity contribution < 1.29 is 4.92 Å². The van der Waals surface area contributed by atoms with Gasteiger partial charge in [-0.2, -0.15) is 5.26 Å². The van der Waals surface area contributed by atoms with E-state index in [0.717, 1.165) is 16.8 Å². The Bertz CT molecular complexity index is 733. The fourth-order valence-corrected chi connectivity index (χ4v) is 2.12. The average Bonchev–Trinajstić information content (AvgIpc) is 2.46. The number of hydrogen-bond acceptors (Lipinski definition) is 4. The average molecular weight is 281 g/mol. The molecule has 0 aliphatic rings. The van der Waals surface area contributed by atoms with Gasteiger partial charge in [0.1, 0.15) is 6.07 Å². The highest BCUT2D eigenvalue weighted by Gasteiger charge is 2.11. The fourth-order valence-electron chi connectivity index (χ4n) is 2.12. The van der Waals surface area contributed by atoms with Crippen LogP contribution >= 0.6 is 0 Å². The zero-order valence-electron chi connectivity index (χ0n) is 11.9. The van der Waals surface area contributed by atoms with Crippen molar-refractivity contribution in [1.29, 1.82) is 5.26 Å². The molecule has 0 bridgehead atoms. The molecule has 0 fully saturated rings. The Balaban J connectivity index is 2.22. The molecule has 2 aromatic rings. The lowest BCUT2D eigenvalue weighted by atomic mass is 10.1. The molecule has 21 heavy (non-hydrogen) atoms. The number of benzene rings is 2. The molecule has 0 aliphatic carbocycles. The van der Waals surface area contributed by atoms with Gasteiger partial charge in [0.2, 0.25) is 0 Å². The number of anilines is 1. The summed E-state index contributed by atoms with van der Waals surface area (Å²) < 4.78 is 0. The lowest BCUT2D eigenvalue weighted by Crippen LogP contribution is -2.03. The summed E-state index contributed by atoms with van der Waals surface area (Å²) in [5.74, 6) is 0. The summed E-state index contributed by atoms with van der Waals surface area (Å²) in [7, 11) is 0. The van der Waals surface area contributed by atoms with Crippen LogP contribution < -0.4 is 5.32 Å². The summed E-state index contributed by atoms with van der Waals surface area (Å²) in [5, 5.41) is 23.3. The third kappa shape index (κ3) is 3.18. The highest BCUT2D eigenvalue weighted by Crippen LogP contribution is 2.22. The maximum atomic E-state index is 10.9. The van der Waals surface area contributed by atoms with Crippen LogP contribution in [0.15, 0.2) is 36.4 Å². The van der Waals surface area contributed by atoms with Crippen molar-refractivity contribution in [3.63, 3.8) is 0 Å². The molecular weight excluding hydrogens is 266 g/mol. The number of rotatable bonds is 4. The topological polar surface area (TPSA) is 79.0 Å². The molecule has 2 aromatic carbocycles. The summed E-state index contributed by atoms with van der Waals surface area (Å²) >= 11 is 0. The largest absolute Gasteiger partial charge is 0.380 e. The van der Waals surface area contributed by atoms with Crippen molar-refractivity contribution in [1.82, 2.24) is 0 Å². The normalized spacial score (nSPS) is 9.95. The fraction of sp³-hybridized carbons (Fsp3) is 0.188. The van der Waals surface area contributed by atoms with Gasteiger partial charge in [0.15, 0.2) is 0 Å². The van der Waals surface area contributed by atoms with Crippen molar-refractivity contribution >= 4 is 11.4 Å². The van der Waals surface area contributed by atoms with Crippen molar-refractivity contribution in [3.8, 4) is 6.07 Å². The van der Waals surface area contributed by atoms with Crippen molar-refractivity contribution in [3.05, 3.63) is 68.8 Å².